The van der Waals surface area contributed by atoms with Crippen LogP contribution in [-0.4, -0.2) is 29.8 Å². The first-order valence-corrected chi connectivity index (χ1v) is 8.89. The summed E-state index contributed by atoms with van der Waals surface area (Å²) in [6.07, 6.45) is 1.90. The van der Waals surface area contributed by atoms with Crippen molar-refractivity contribution in [2.45, 2.75) is 11.9 Å². The minimum absolute atomic E-state index is 0.247. The van der Waals surface area contributed by atoms with Gasteiger partial charge < -0.3 is 9.05 Å². The number of aromatic nitrogens is 2. The third kappa shape index (κ3) is 3.59. The molecule has 0 spiro atoms. The molecule has 0 amide bonds. The van der Waals surface area contributed by atoms with Gasteiger partial charge in [-0.2, -0.15) is 0 Å². The molecule has 0 aliphatic heterocycles. The minimum Gasteiger partial charge on any atom is -0.402 e. The van der Waals surface area contributed by atoms with Crippen molar-refractivity contribution >= 4 is 41.9 Å². The quantitative estimate of drug-likeness (QED) is 0.593. The average Bonchev–Trinajstić information content (AvgIpc) is 2.54. The highest BCUT2D eigenvalue weighted by Crippen LogP contribution is 2.50. The number of thioether (sulfide) groups is 1. The Morgan fingerprint density at radius 3 is 2.65 bits per heavy atom. The van der Waals surface area contributed by atoms with E-state index in [-0.39, 0.29) is 5.88 Å². The molecule has 9 heteroatoms. The lowest BCUT2D eigenvalue weighted by Crippen LogP contribution is -2.00. The Bertz CT molecular complexity index is 441. The molecule has 1 atom stereocenters. The van der Waals surface area contributed by atoms with Gasteiger partial charge in [-0.1, -0.05) is 11.6 Å². The summed E-state index contributed by atoms with van der Waals surface area (Å²) in [7, 11) is 3.23. The highest BCUT2D eigenvalue weighted by Gasteiger charge is 2.25. The van der Waals surface area contributed by atoms with E-state index in [1.807, 2.05) is 13.2 Å². The molecule has 0 N–H and O–H groups in total. The summed E-state index contributed by atoms with van der Waals surface area (Å²) in [6, 6.07) is 0. The second-order valence-electron chi connectivity index (χ2n) is 2.89. The molecular weight excluding hydrogens is 303 g/mol. The van der Waals surface area contributed by atoms with E-state index in [9.17, 15) is 0 Å². The molecule has 0 radical (unpaired) electrons. The molecule has 1 aromatic rings. The molecule has 5 nitrogen and oxygen atoms in total. The van der Waals surface area contributed by atoms with Gasteiger partial charge in [-0.3, -0.25) is 9.21 Å². The predicted octanol–water partition coefficient (Wildman–Crippen LogP) is 3.08. The van der Waals surface area contributed by atoms with E-state index in [0.29, 0.717) is 11.6 Å². The van der Waals surface area contributed by atoms with Crippen LogP contribution in [0.15, 0.2) is 5.03 Å². The van der Waals surface area contributed by atoms with Gasteiger partial charge >= 0.3 is 6.72 Å². The van der Waals surface area contributed by atoms with E-state index in [4.69, 9.17) is 37.0 Å². The van der Waals surface area contributed by atoms with Crippen LogP contribution >= 0.6 is 30.1 Å². The Kier molecular flexibility index (Phi) is 5.76. The van der Waals surface area contributed by atoms with Gasteiger partial charge in [0.05, 0.1) is 6.61 Å². The fraction of sp³-hybridized carbons (Fsp3) is 0.625. The molecule has 0 bridgehead atoms. The molecule has 17 heavy (non-hydrogen) atoms. The van der Waals surface area contributed by atoms with Crippen molar-refractivity contribution < 1.29 is 13.6 Å². The molecule has 0 aliphatic carbocycles. The zero-order chi connectivity index (χ0) is 13.1. The molecular formula is C8H14ClN2O3PS2. The normalized spacial score (nSPS) is 14.6. The van der Waals surface area contributed by atoms with Crippen LogP contribution in [0.4, 0.5) is 0 Å². The van der Waals surface area contributed by atoms with E-state index >= 15 is 0 Å². The van der Waals surface area contributed by atoms with Gasteiger partial charge in [0, 0.05) is 26.0 Å². The van der Waals surface area contributed by atoms with Crippen LogP contribution in [0.1, 0.15) is 6.92 Å². The Morgan fingerprint density at radius 1 is 1.59 bits per heavy atom. The van der Waals surface area contributed by atoms with Gasteiger partial charge in [-0.25, -0.2) is 0 Å². The Balaban J connectivity index is 2.98. The van der Waals surface area contributed by atoms with E-state index in [1.165, 1.54) is 18.9 Å². The van der Waals surface area contributed by atoms with Gasteiger partial charge in [0.25, 0.3) is 5.88 Å². The van der Waals surface area contributed by atoms with E-state index < -0.39 is 6.72 Å². The molecule has 0 saturated heterocycles. The average molecular weight is 317 g/mol. The number of halogens is 1. The second-order valence-corrected chi connectivity index (χ2v) is 7.11. The molecule has 98 valence electrons. The largest absolute Gasteiger partial charge is 0.402 e. The molecule has 1 heterocycles. The van der Waals surface area contributed by atoms with Crippen LogP contribution in [-0.2, 0) is 27.9 Å². The van der Waals surface area contributed by atoms with E-state index in [1.54, 1.807) is 11.7 Å². The van der Waals surface area contributed by atoms with Crippen molar-refractivity contribution in [2.24, 2.45) is 7.05 Å². The topological polar surface area (TPSA) is 45.5 Å². The third-order valence-electron chi connectivity index (χ3n) is 1.81. The van der Waals surface area contributed by atoms with Gasteiger partial charge in [-0.15, -0.1) is 16.9 Å². The maximum Gasteiger partial charge on any atom is 0.381 e. The molecule has 1 unspecified atom stereocenters. The Labute approximate surface area is 115 Å². The first kappa shape index (κ1) is 15.3. The first-order valence-electron chi connectivity index (χ1n) is 4.73. The minimum atomic E-state index is -2.80. The summed E-state index contributed by atoms with van der Waals surface area (Å²) in [4.78, 5) is 0. The molecule has 1 aromatic heterocycles. The number of rotatable bonds is 6. The number of aryl methyl sites for hydroxylation is 1. The van der Waals surface area contributed by atoms with Gasteiger partial charge in [0.2, 0.25) is 0 Å². The fourth-order valence-electron chi connectivity index (χ4n) is 1.12. The van der Waals surface area contributed by atoms with Crippen LogP contribution in [0.2, 0.25) is 5.02 Å². The SMILES string of the molecule is CCOP(=S)(OC)Oc1nn(C)c(SC)c1Cl. The smallest absolute Gasteiger partial charge is 0.381 e. The molecule has 0 fully saturated rings. The van der Waals surface area contributed by atoms with E-state index in [2.05, 4.69) is 5.10 Å². The standard InChI is InChI=1S/C8H14ClN2O3PS2/c1-5-13-15(16,12-3)14-7-6(9)8(17-4)11(2)10-7/h5H2,1-4H3. The van der Waals surface area contributed by atoms with E-state index in [0.717, 1.165) is 5.03 Å². The Morgan fingerprint density at radius 2 is 2.24 bits per heavy atom. The molecule has 0 saturated carbocycles. The lowest BCUT2D eigenvalue weighted by Gasteiger charge is -2.17. The second kappa shape index (κ2) is 6.41. The van der Waals surface area contributed by atoms with Crippen LogP contribution in [0.5, 0.6) is 5.88 Å². The van der Waals surface area contributed by atoms with Crippen molar-refractivity contribution in [3.05, 3.63) is 5.02 Å². The highest BCUT2D eigenvalue weighted by molar-refractivity contribution is 8.07. The van der Waals surface area contributed by atoms with Crippen molar-refractivity contribution in [1.29, 1.82) is 0 Å². The third-order valence-corrected chi connectivity index (χ3v) is 5.53. The first-order chi connectivity index (χ1) is 7.97. The highest BCUT2D eigenvalue weighted by atomic mass is 35.5. The number of hydrogen-bond donors (Lipinski definition) is 0. The number of nitrogens with zero attached hydrogens (tertiary/aromatic N) is 2. The van der Waals surface area contributed by atoms with Crippen molar-refractivity contribution in [2.75, 3.05) is 20.0 Å². The van der Waals surface area contributed by atoms with Crippen LogP contribution < -0.4 is 4.52 Å². The maximum absolute atomic E-state index is 6.12. The van der Waals surface area contributed by atoms with Crippen LogP contribution in [0.25, 0.3) is 0 Å². The summed E-state index contributed by atoms with van der Waals surface area (Å²) in [5.41, 5.74) is 0. The summed E-state index contributed by atoms with van der Waals surface area (Å²) in [5, 5.41) is 5.36. The molecule has 0 aromatic carbocycles. The summed E-state index contributed by atoms with van der Waals surface area (Å²) in [5.74, 6) is 0.247. The van der Waals surface area contributed by atoms with Crippen molar-refractivity contribution in [3.63, 3.8) is 0 Å². The molecule has 0 aliphatic rings. The predicted molar refractivity (Wildman–Crippen MR) is 73.5 cm³/mol. The van der Waals surface area contributed by atoms with Gasteiger partial charge in [0.15, 0.2) is 0 Å². The number of hydrogen-bond acceptors (Lipinski definition) is 6. The zero-order valence-corrected chi connectivity index (χ0v) is 13.3. The molecule has 1 rings (SSSR count). The lowest BCUT2D eigenvalue weighted by molar-refractivity contribution is 0.239. The monoisotopic (exact) mass is 316 g/mol. The summed E-state index contributed by atoms with van der Waals surface area (Å²) < 4.78 is 17.5. The lowest BCUT2D eigenvalue weighted by atomic mass is 10.7. The van der Waals surface area contributed by atoms with Crippen LogP contribution in [0.3, 0.4) is 0 Å². The summed E-state index contributed by atoms with van der Waals surface area (Å²) >= 11 is 12.8. The zero-order valence-electron chi connectivity index (χ0n) is 9.97. The van der Waals surface area contributed by atoms with Gasteiger partial charge in [0.1, 0.15) is 10.0 Å². The van der Waals surface area contributed by atoms with Crippen molar-refractivity contribution in [1.82, 2.24) is 9.78 Å². The van der Waals surface area contributed by atoms with Gasteiger partial charge in [-0.05, 0) is 13.2 Å². The Hall–Kier alpha value is 0.220. The summed E-state index contributed by atoms with van der Waals surface area (Å²) in [6.45, 7) is -0.578. The fourth-order valence-corrected chi connectivity index (χ4v) is 3.59. The van der Waals surface area contributed by atoms with Crippen molar-refractivity contribution in [3.8, 4) is 5.88 Å². The maximum atomic E-state index is 6.12. The van der Waals surface area contributed by atoms with Crippen LogP contribution in [0, 0.1) is 0 Å².